The molecule has 1 N–H and O–H groups in total. The number of halogens is 1. The van der Waals surface area contributed by atoms with E-state index in [1.165, 1.54) is 12.7 Å². The molecule has 0 saturated carbocycles. The molecular weight excluding hydrogens is 427 g/mol. The van der Waals surface area contributed by atoms with Gasteiger partial charge in [0.25, 0.3) is 0 Å². The fourth-order valence-corrected chi connectivity index (χ4v) is 4.18. The van der Waals surface area contributed by atoms with E-state index in [4.69, 9.17) is 0 Å². The number of aliphatic imine (C=N–C) groups is 1. The highest BCUT2D eigenvalue weighted by Crippen LogP contribution is 2.28. The van der Waals surface area contributed by atoms with E-state index < -0.39 is 10.0 Å². The van der Waals surface area contributed by atoms with Gasteiger partial charge in [-0.05, 0) is 30.6 Å². The van der Waals surface area contributed by atoms with Crippen LogP contribution in [-0.4, -0.2) is 69.6 Å². The van der Waals surface area contributed by atoms with Crippen LogP contribution in [0.15, 0.2) is 4.99 Å². The van der Waals surface area contributed by atoms with Gasteiger partial charge in [-0.15, -0.1) is 24.0 Å². The standard InChI is InChI=1S/C15H30N4O2S.HI/c1-15(2)7-10-18(12-15)14(16-3)17-11-13-5-8-19(9-6-13)22(4,20)21;/h13H,5-12H2,1-4H3,(H,16,17);1H. The minimum atomic E-state index is -3.03. The zero-order chi connectivity index (χ0) is 16.4. The van der Waals surface area contributed by atoms with E-state index in [1.807, 2.05) is 7.05 Å². The summed E-state index contributed by atoms with van der Waals surface area (Å²) in [4.78, 5) is 6.72. The normalized spacial score (nSPS) is 23.7. The molecule has 2 heterocycles. The first-order chi connectivity index (χ1) is 10.2. The molecule has 2 fully saturated rings. The molecule has 0 amide bonds. The zero-order valence-electron chi connectivity index (χ0n) is 14.7. The highest BCUT2D eigenvalue weighted by molar-refractivity contribution is 14.0. The van der Waals surface area contributed by atoms with Gasteiger partial charge >= 0.3 is 0 Å². The molecule has 8 heteroatoms. The molecular formula is C15H31IN4O2S. The number of guanidine groups is 1. The molecule has 2 aliphatic heterocycles. The number of likely N-dealkylation sites (tertiary alicyclic amines) is 1. The van der Waals surface area contributed by atoms with E-state index >= 15 is 0 Å². The maximum Gasteiger partial charge on any atom is 0.211 e. The minimum absolute atomic E-state index is 0. The topological polar surface area (TPSA) is 65.0 Å². The Hall–Kier alpha value is -0.0900. The Morgan fingerprint density at radius 3 is 2.30 bits per heavy atom. The van der Waals surface area contributed by atoms with Gasteiger partial charge in [0, 0.05) is 39.8 Å². The van der Waals surface area contributed by atoms with E-state index in [0.717, 1.165) is 38.4 Å². The highest BCUT2D eigenvalue weighted by atomic mass is 127. The number of hydrogen-bond acceptors (Lipinski definition) is 3. The average molecular weight is 458 g/mol. The van der Waals surface area contributed by atoms with E-state index in [1.54, 1.807) is 4.31 Å². The summed E-state index contributed by atoms with van der Waals surface area (Å²) in [6.07, 6.45) is 4.33. The first-order valence-electron chi connectivity index (χ1n) is 8.12. The van der Waals surface area contributed by atoms with Crippen molar-refractivity contribution in [2.75, 3.05) is 46.0 Å². The highest BCUT2D eigenvalue weighted by Gasteiger charge is 2.31. The second-order valence-corrected chi connectivity index (χ2v) is 9.35. The van der Waals surface area contributed by atoms with Crippen LogP contribution in [0.25, 0.3) is 0 Å². The predicted molar refractivity (Wildman–Crippen MR) is 106 cm³/mol. The van der Waals surface area contributed by atoms with Gasteiger partial charge in [0.1, 0.15) is 0 Å². The van der Waals surface area contributed by atoms with Crippen LogP contribution in [0, 0.1) is 11.3 Å². The van der Waals surface area contributed by atoms with Crippen LogP contribution >= 0.6 is 24.0 Å². The first kappa shape index (κ1) is 21.0. The van der Waals surface area contributed by atoms with Gasteiger partial charge in [0.15, 0.2) is 5.96 Å². The molecule has 23 heavy (non-hydrogen) atoms. The van der Waals surface area contributed by atoms with Crippen molar-refractivity contribution in [3.05, 3.63) is 0 Å². The summed E-state index contributed by atoms with van der Waals surface area (Å²) in [6, 6.07) is 0. The molecule has 0 radical (unpaired) electrons. The number of nitrogens with zero attached hydrogens (tertiary/aromatic N) is 3. The van der Waals surface area contributed by atoms with Crippen LogP contribution in [0.1, 0.15) is 33.1 Å². The van der Waals surface area contributed by atoms with Crippen molar-refractivity contribution >= 4 is 40.0 Å². The molecule has 0 aliphatic carbocycles. The van der Waals surface area contributed by atoms with Crippen LogP contribution < -0.4 is 5.32 Å². The van der Waals surface area contributed by atoms with Crippen molar-refractivity contribution in [3.8, 4) is 0 Å². The van der Waals surface area contributed by atoms with Crippen molar-refractivity contribution in [1.29, 1.82) is 0 Å². The fourth-order valence-electron chi connectivity index (χ4n) is 3.31. The maximum atomic E-state index is 11.5. The Kier molecular flexibility index (Phi) is 7.59. The molecule has 0 bridgehead atoms. The van der Waals surface area contributed by atoms with Gasteiger partial charge in [-0.2, -0.15) is 0 Å². The number of rotatable bonds is 3. The molecule has 0 aromatic heterocycles. The van der Waals surface area contributed by atoms with E-state index in [2.05, 4.69) is 29.1 Å². The largest absolute Gasteiger partial charge is 0.356 e. The second kappa shape index (κ2) is 8.33. The Bertz CT molecular complexity index is 514. The van der Waals surface area contributed by atoms with Crippen molar-refractivity contribution in [2.45, 2.75) is 33.1 Å². The number of nitrogens with one attached hydrogen (secondary N) is 1. The predicted octanol–water partition coefficient (Wildman–Crippen LogP) is 1.58. The van der Waals surface area contributed by atoms with E-state index in [9.17, 15) is 8.42 Å². The van der Waals surface area contributed by atoms with Crippen molar-refractivity contribution < 1.29 is 8.42 Å². The summed E-state index contributed by atoms with van der Waals surface area (Å²) < 4.78 is 24.6. The van der Waals surface area contributed by atoms with Gasteiger partial charge in [-0.1, -0.05) is 13.8 Å². The lowest BCUT2D eigenvalue weighted by Gasteiger charge is -2.31. The van der Waals surface area contributed by atoms with Crippen molar-refractivity contribution in [1.82, 2.24) is 14.5 Å². The summed E-state index contributed by atoms with van der Waals surface area (Å²) in [5, 5.41) is 3.48. The lowest BCUT2D eigenvalue weighted by molar-refractivity contribution is 0.272. The Morgan fingerprint density at radius 2 is 1.87 bits per heavy atom. The van der Waals surface area contributed by atoms with Crippen LogP contribution in [0.4, 0.5) is 0 Å². The third kappa shape index (κ3) is 6.04. The minimum Gasteiger partial charge on any atom is -0.356 e. The van der Waals surface area contributed by atoms with Gasteiger partial charge in [-0.25, -0.2) is 12.7 Å². The summed E-state index contributed by atoms with van der Waals surface area (Å²) in [7, 11) is -1.20. The third-order valence-corrected chi connectivity index (χ3v) is 6.08. The Labute approximate surface area is 158 Å². The van der Waals surface area contributed by atoms with Crippen LogP contribution in [0.3, 0.4) is 0 Å². The summed E-state index contributed by atoms with van der Waals surface area (Å²) in [5.74, 6) is 1.50. The maximum absolute atomic E-state index is 11.5. The zero-order valence-corrected chi connectivity index (χ0v) is 17.9. The fraction of sp³-hybridized carbons (Fsp3) is 0.933. The summed E-state index contributed by atoms with van der Waals surface area (Å²) >= 11 is 0. The Morgan fingerprint density at radius 1 is 1.26 bits per heavy atom. The van der Waals surface area contributed by atoms with Gasteiger partial charge in [-0.3, -0.25) is 4.99 Å². The molecule has 6 nitrogen and oxygen atoms in total. The average Bonchev–Trinajstić information content (AvgIpc) is 2.79. The quantitative estimate of drug-likeness (QED) is 0.397. The molecule has 0 atom stereocenters. The molecule has 2 rings (SSSR count). The van der Waals surface area contributed by atoms with Crippen LogP contribution in [0.5, 0.6) is 0 Å². The van der Waals surface area contributed by atoms with Gasteiger partial charge in [0.2, 0.25) is 10.0 Å². The molecule has 0 spiro atoms. The molecule has 0 unspecified atom stereocenters. The smallest absolute Gasteiger partial charge is 0.211 e. The monoisotopic (exact) mass is 458 g/mol. The third-order valence-electron chi connectivity index (χ3n) is 4.78. The van der Waals surface area contributed by atoms with Gasteiger partial charge in [0.05, 0.1) is 6.26 Å². The number of sulfonamides is 1. The van der Waals surface area contributed by atoms with Crippen molar-refractivity contribution in [3.63, 3.8) is 0 Å². The summed E-state index contributed by atoms with van der Waals surface area (Å²) in [5.41, 5.74) is 0.360. The molecule has 136 valence electrons. The SMILES string of the molecule is CN=C(NCC1CCN(S(C)(=O)=O)CC1)N1CCC(C)(C)C1.I. The molecule has 0 aromatic carbocycles. The van der Waals surface area contributed by atoms with Crippen LogP contribution in [0.2, 0.25) is 0 Å². The van der Waals surface area contributed by atoms with E-state index in [0.29, 0.717) is 24.4 Å². The molecule has 2 aliphatic rings. The molecule has 0 aromatic rings. The second-order valence-electron chi connectivity index (χ2n) is 7.37. The Balaban J connectivity index is 0.00000264. The number of piperidine rings is 1. The molecule has 2 saturated heterocycles. The lowest BCUT2D eigenvalue weighted by Crippen LogP contribution is -2.45. The van der Waals surface area contributed by atoms with Gasteiger partial charge < -0.3 is 10.2 Å². The van der Waals surface area contributed by atoms with E-state index in [-0.39, 0.29) is 24.0 Å². The number of hydrogen-bond donors (Lipinski definition) is 1. The lowest BCUT2D eigenvalue weighted by atomic mass is 9.93. The summed E-state index contributed by atoms with van der Waals surface area (Å²) in [6.45, 7) is 8.84. The van der Waals surface area contributed by atoms with Crippen LogP contribution in [-0.2, 0) is 10.0 Å². The van der Waals surface area contributed by atoms with Crippen molar-refractivity contribution in [2.24, 2.45) is 16.3 Å². The first-order valence-corrected chi connectivity index (χ1v) is 9.97.